The number of nitrogens with zero attached hydrogens (tertiary/aromatic N) is 2. The van der Waals surface area contributed by atoms with Crippen LogP contribution < -0.4 is 9.62 Å². The average Bonchev–Trinajstić information content (AvgIpc) is 2.90. The standard InChI is InChI=1S/C28H31Cl2N3O4S/c1-4-16-31-28(35)21(3)32(18-22-12-13-23(29)17-26(22)30)27(34)19-33(24-8-6-5-7-9-24)38(36,37)25-14-10-20(2)11-15-25/h5-15,17,21H,4,16,18-19H2,1-3H3,(H,31,35)/t21-/m0/s1. The number of hydrogen-bond donors (Lipinski definition) is 1. The van der Waals surface area contributed by atoms with Crippen LogP contribution in [0.2, 0.25) is 10.0 Å². The predicted molar refractivity (Wildman–Crippen MR) is 152 cm³/mol. The number of sulfonamides is 1. The Morgan fingerprint density at radius 2 is 1.63 bits per heavy atom. The van der Waals surface area contributed by atoms with Gasteiger partial charge in [0.05, 0.1) is 10.6 Å². The largest absolute Gasteiger partial charge is 0.354 e. The summed E-state index contributed by atoms with van der Waals surface area (Å²) in [5.74, 6) is -0.910. The SMILES string of the molecule is CCCNC(=O)[C@H](C)N(Cc1ccc(Cl)cc1Cl)C(=O)CN(c1ccccc1)S(=O)(=O)c1ccc(C)cc1. The molecule has 0 fully saturated rings. The average molecular weight is 577 g/mol. The maximum atomic E-state index is 13.8. The Morgan fingerprint density at radius 1 is 0.974 bits per heavy atom. The molecule has 0 bridgehead atoms. The zero-order chi connectivity index (χ0) is 27.9. The normalized spacial score (nSPS) is 12.0. The second-order valence-electron chi connectivity index (χ2n) is 8.88. The van der Waals surface area contributed by atoms with Crippen molar-refractivity contribution < 1.29 is 18.0 Å². The number of halogens is 2. The third-order valence-electron chi connectivity index (χ3n) is 6.00. The molecule has 0 aliphatic heterocycles. The highest BCUT2D eigenvalue weighted by molar-refractivity contribution is 7.92. The van der Waals surface area contributed by atoms with Gasteiger partial charge in [0.2, 0.25) is 11.8 Å². The highest BCUT2D eigenvalue weighted by Crippen LogP contribution is 2.26. The molecule has 10 heteroatoms. The second kappa shape index (κ2) is 13.1. The number of carbonyl (C=O) groups is 2. The number of nitrogens with one attached hydrogen (secondary N) is 1. The van der Waals surface area contributed by atoms with Gasteiger partial charge in [-0.05, 0) is 62.2 Å². The molecular formula is C28H31Cl2N3O4S. The van der Waals surface area contributed by atoms with Gasteiger partial charge in [-0.2, -0.15) is 0 Å². The molecule has 0 aliphatic carbocycles. The summed E-state index contributed by atoms with van der Waals surface area (Å²) in [4.78, 5) is 28.1. The summed E-state index contributed by atoms with van der Waals surface area (Å²) in [7, 11) is -4.10. The van der Waals surface area contributed by atoms with Crippen molar-refractivity contribution in [2.75, 3.05) is 17.4 Å². The summed E-state index contributed by atoms with van der Waals surface area (Å²) in [5, 5.41) is 3.58. The van der Waals surface area contributed by atoms with Gasteiger partial charge in [0, 0.05) is 23.1 Å². The van der Waals surface area contributed by atoms with E-state index in [0.717, 1.165) is 16.3 Å². The van der Waals surface area contributed by atoms with Crippen LogP contribution in [-0.2, 0) is 26.2 Å². The van der Waals surface area contributed by atoms with Crippen LogP contribution in [0.1, 0.15) is 31.4 Å². The van der Waals surface area contributed by atoms with Gasteiger partial charge in [-0.15, -0.1) is 0 Å². The third-order valence-corrected chi connectivity index (χ3v) is 8.38. The number of rotatable bonds is 11. The summed E-state index contributed by atoms with van der Waals surface area (Å²) < 4.78 is 28.5. The molecule has 3 aromatic rings. The Hall–Kier alpha value is -3.07. The van der Waals surface area contributed by atoms with E-state index in [-0.39, 0.29) is 17.3 Å². The van der Waals surface area contributed by atoms with Crippen molar-refractivity contribution in [1.82, 2.24) is 10.2 Å². The van der Waals surface area contributed by atoms with Gasteiger partial charge in [0.1, 0.15) is 12.6 Å². The number of para-hydroxylation sites is 1. The lowest BCUT2D eigenvalue weighted by Crippen LogP contribution is -2.51. The summed E-state index contributed by atoms with van der Waals surface area (Å²) in [6.07, 6.45) is 0.728. The van der Waals surface area contributed by atoms with Crippen molar-refractivity contribution in [2.45, 2.75) is 44.7 Å². The number of amides is 2. The minimum Gasteiger partial charge on any atom is -0.354 e. The fraction of sp³-hybridized carbons (Fsp3) is 0.286. The highest BCUT2D eigenvalue weighted by Gasteiger charge is 2.32. The van der Waals surface area contributed by atoms with E-state index in [1.807, 2.05) is 13.8 Å². The number of aryl methyl sites for hydroxylation is 1. The van der Waals surface area contributed by atoms with E-state index in [1.54, 1.807) is 67.6 Å². The van der Waals surface area contributed by atoms with E-state index in [2.05, 4.69) is 5.32 Å². The lowest BCUT2D eigenvalue weighted by molar-refractivity contribution is -0.139. The summed E-state index contributed by atoms with van der Waals surface area (Å²) >= 11 is 12.4. The first kappa shape index (κ1) is 29.5. The molecule has 0 spiro atoms. The van der Waals surface area contributed by atoms with Crippen molar-refractivity contribution in [3.63, 3.8) is 0 Å². The van der Waals surface area contributed by atoms with Crippen LogP contribution in [0.3, 0.4) is 0 Å². The summed E-state index contributed by atoms with van der Waals surface area (Å²) in [6, 6.07) is 18.8. The molecule has 0 saturated heterocycles. The molecule has 3 rings (SSSR count). The summed E-state index contributed by atoms with van der Waals surface area (Å²) in [5.41, 5.74) is 1.81. The van der Waals surface area contributed by atoms with E-state index in [0.29, 0.717) is 27.8 Å². The third kappa shape index (κ3) is 7.28. The molecule has 1 atom stereocenters. The fourth-order valence-corrected chi connectivity index (χ4v) is 5.65. The van der Waals surface area contributed by atoms with E-state index >= 15 is 0 Å². The Kier molecular flexibility index (Phi) is 10.2. The smallest absolute Gasteiger partial charge is 0.264 e. The molecule has 2 amide bonds. The maximum Gasteiger partial charge on any atom is 0.264 e. The molecule has 7 nitrogen and oxygen atoms in total. The molecule has 38 heavy (non-hydrogen) atoms. The first-order chi connectivity index (χ1) is 18.0. The predicted octanol–water partition coefficient (Wildman–Crippen LogP) is 5.44. The van der Waals surface area contributed by atoms with Gasteiger partial charge in [0.15, 0.2) is 0 Å². The Labute approximate surface area is 234 Å². The zero-order valence-corrected chi connectivity index (χ0v) is 23.9. The van der Waals surface area contributed by atoms with Crippen molar-refractivity contribution in [1.29, 1.82) is 0 Å². The van der Waals surface area contributed by atoms with Gasteiger partial charge in [0.25, 0.3) is 10.0 Å². The van der Waals surface area contributed by atoms with E-state index < -0.39 is 28.5 Å². The van der Waals surface area contributed by atoms with E-state index in [1.165, 1.54) is 17.0 Å². The lowest BCUT2D eigenvalue weighted by atomic mass is 10.1. The van der Waals surface area contributed by atoms with Gasteiger partial charge >= 0.3 is 0 Å². The molecule has 0 aromatic heterocycles. The van der Waals surface area contributed by atoms with E-state index in [4.69, 9.17) is 23.2 Å². The molecule has 202 valence electrons. The highest BCUT2D eigenvalue weighted by atomic mass is 35.5. The molecule has 0 heterocycles. The van der Waals surface area contributed by atoms with Crippen molar-refractivity contribution in [3.05, 3.63) is 94.0 Å². The molecular weight excluding hydrogens is 545 g/mol. The molecule has 0 saturated carbocycles. The van der Waals surface area contributed by atoms with Crippen molar-refractivity contribution in [2.24, 2.45) is 0 Å². The van der Waals surface area contributed by atoms with Crippen LogP contribution in [-0.4, -0.2) is 44.3 Å². The maximum absolute atomic E-state index is 13.8. The van der Waals surface area contributed by atoms with Gasteiger partial charge in [-0.3, -0.25) is 13.9 Å². The Bertz CT molecular complexity index is 1370. The van der Waals surface area contributed by atoms with Crippen LogP contribution in [0.15, 0.2) is 77.7 Å². The zero-order valence-electron chi connectivity index (χ0n) is 21.5. The second-order valence-corrected chi connectivity index (χ2v) is 11.6. The quantitative estimate of drug-likeness (QED) is 0.330. The lowest BCUT2D eigenvalue weighted by Gasteiger charge is -2.32. The Balaban J connectivity index is 2.01. The van der Waals surface area contributed by atoms with Crippen molar-refractivity contribution in [3.8, 4) is 0 Å². The minimum absolute atomic E-state index is 0.0112. The fourth-order valence-electron chi connectivity index (χ4n) is 3.77. The van der Waals surface area contributed by atoms with Crippen LogP contribution in [0.5, 0.6) is 0 Å². The first-order valence-corrected chi connectivity index (χ1v) is 14.4. The number of anilines is 1. The number of hydrogen-bond acceptors (Lipinski definition) is 4. The van der Waals surface area contributed by atoms with Crippen LogP contribution in [0.25, 0.3) is 0 Å². The topological polar surface area (TPSA) is 86.8 Å². The van der Waals surface area contributed by atoms with Gasteiger partial charge in [-0.1, -0.05) is 72.1 Å². The number of carbonyl (C=O) groups excluding carboxylic acids is 2. The van der Waals surface area contributed by atoms with Gasteiger partial charge in [-0.25, -0.2) is 8.42 Å². The van der Waals surface area contributed by atoms with Crippen LogP contribution in [0, 0.1) is 6.92 Å². The summed E-state index contributed by atoms with van der Waals surface area (Å²) in [6.45, 7) is 5.31. The molecule has 0 aliphatic rings. The number of benzene rings is 3. The first-order valence-electron chi connectivity index (χ1n) is 12.2. The monoisotopic (exact) mass is 575 g/mol. The minimum atomic E-state index is -4.10. The van der Waals surface area contributed by atoms with Gasteiger partial charge < -0.3 is 10.2 Å². The molecule has 0 unspecified atom stereocenters. The molecule has 0 radical (unpaired) electrons. The molecule has 1 N–H and O–H groups in total. The van der Waals surface area contributed by atoms with E-state index in [9.17, 15) is 18.0 Å². The molecule has 3 aromatic carbocycles. The van der Waals surface area contributed by atoms with Crippen LogP contribution in [0.4, 0.5) is 5.69 Å². The Morgan fingerprint density at radius 3 is 2.24 bits per heavy atom. The van der Waals surface area contributed by atoms with Crippen LogP contribution >= 0.6 is 23.2 Å². The van der Waals surface area contributed by atoms with Crippen molar-refractivity contribution >= 4 is 50.7 Å².